The molecule has 308 valence electrons. The van der Waals surface area contributed by atoms with Gasteiger partial charge >= 0.3 is 0 Å². The van der Waals surface area contributed by atoms with Crippen molar-refractivity contribution in [1.82, 2.24) is 63.7 Å². The zero-order chi connectivity index (χ0) is 38.6. The molecule has 0 unspecified atom stereocenters. The van der Waals surface area contributed by atoms with Gasteiger partial charge in [-0.3, -0.25) is 58.8 Å². The van der Waals surface area contributed by atoms with Crippen molar-refractivity contribution in [2.75, 3.05) is 209 Å². The van der Waals surface area contributed by atoms with Crippen molar-refractivity contribution in [3.8, 4) is 0 Å². The zero-order valence-electron chi connectivity index (χ0n) is 36.9. The van der Waals surface area contributed by atoms with E-state index in [1.807, 2.05) is 26.0 Å². The van der Waals surface area contributed by atoms with Gasteiger partial charge < -0.3 is 4.90 Å². The number of nitrogens with zero attached hydrogens (tertiary/aromatic N) is 13. The van der Waals surface area contributed by atoms with Gasteiger partial charge in [-0.15, -0.1) is 0 Å². The smallest absolute Gasteiger partial charge is 0.118 e. The Morgan fingerprint density at radius 2 is 0.571 bits per heavy atom. The Morgan fingerprint density at radius 1 is 0.327 bits per heavy atom. The summed E-state index contributed by atoms with van der Waals surface area (Å²) in [5.74, 6) is 0.748. The Bertz CT molecular complexity index is 546. The maximum atomic E-state index is 2.38. The zero-order valence-corrected chi connectivity index (χ0v) is 36.9. The molecular weight excluding hydrogens is 614 g/mol. The third kappa shape index (κ3) is 63.0. The molecule has 0 aromatic rings. The molecule has 0 saturated carbocycles. The van der Waals surface area contributed by atoms with Gasteiger partial charge in [-0.1, -0.05) is 28.7 Å². The van der Waals surface area contributed by atoms with E-state index in [-0.39, 0.29) is 14.9 Å². The van der Waals surface area contributed by atoms with Gasteiger partial charge in [0.15, 0.2) is 0 Å². The first-order valence-corrected chi connectivity index (χ1v) is 16.7. The second-order valence-corrected chi connectivity index (χ2v) is 15.9. The van der Waals surface area contributed by atoms with E-state index in [9.17, 15) is 0 Å². The summed E-state index contributed by atoms with van der Waals surface area (Å²) in [6, 6.07) is 0. The molecule has 0 aromatic carbocycles. The van der Waals surface area contributed by atoms with Crippen LogP contribution >= 0.6 is 0 Å². The normalized spacial score (nSPS) is 11.5. The van der Waals surface area contributed by atoms with Gasteiger partial charge in [0.1, 0.15) is 6.29 Å². The molecule has 0 heterocycles. The SMILES string of the molecule is C.C.CC(C)CN(C)CN(C)CN(C)C.CN(C)C.CN(C)C(N(C)C)N(C)C.CN(C)CN(C)C.CN(C)CN(CN(C)C)CN(C)C. The minimum Gasteiger partial charge on any atom is -0.312 e. The van der Waals surface area contributed by atoms with Crippen molar-refractivity contribution in [1.29, 1.82) is 0 Å². The lowest BCUT2D eigenvalue weighted by Gasteiger charge is -2.35. The first kappa shape index (κ1) is 63.5. The molecule has 0 atom stereocenters. The average Bonchev–Trinajstić information content (AvgIpc) is 2.75. The van der Waals surface area contributed by atoms with E-state index in [2.05, 4.69) is 214 Å². The fourth-order valence-corrected chi connectivity index (χ4v) is 4.91. The van der Waals surface area contributed by atoms with Crippen LogP contribution in [0.5, 0.6) is 0 Å². The van der Waals surface area contributed by atoms with Gasteiger partial charge in [-0.25, -0.2) is 0 Å². The minimum absolute atomic E-state index is 0. The molecule has 0 rings (SSSR count). The molecule has 0 radical (unpaired) electrons. The van der Waals surface area contributed by atoms with Crippen LogP contribution < -0.4 is 0 Å². The lowest BCUT2D eigenvalue weighted by Crippen LogP contribution is -2.50. The van der Waals surface area contributed by atoms with E-state index in [1.165, 1.54) is 0 Å². The predicted octanol–water partition coefficient (Wildman–Crippen LogP) is 2.30. The average molecular weight is 714 g/mol. The van der Waals surface area contributed by atoms with Crippen LogP contribution in [0.15, 0.2) is 0 Å². The second-order valence-electron chi connectivity index (χ2n) is 15.9. The third-order valence-corrected chi connectivity index (χ3v) is 5.08. The molecule has 0 bridgehead atoms. The maximum absolute atomic E-state index is 2.38. The summed E-state index contributed by atoms with van der Waals surface area (Å²) in [6.45, 7) is 11.7. The molecule has 0 saturated heterocycles. The molecule has 0 spiro atoms. The van der Waals surface area contributed by atoms with Crippen molar-refractivity contribution < 1.29 is 0 Å². The van der Waals surface area contributed by atoms with Crippen molar-refractivity contribution in [2.24, 2.45) is 5.92 Å². The highest BCUT2D eigenvalue weighted by molar-refractivity contribution is 4.58. The van der Waals surface area contributed by atoms with Crippen LogP contribution in [-0.2, 0) is 0 Å². The Morgan fingerprint density at radius 3 is 0.714 bits per heavy atom. The van der Waals surface area contributed by atoms with Crippen LogP contribution in [0.1, 0.15) is 28.7 Å². The van der Waals surface area contributed by atoms with Crippen LogP contribution in [0.3, 0.4) is 0 Å². The van der Waals surface area contributed by atoms with Crippen molar-refractivity contribution in [3.05, 3.63) is 0 Å². The van der Waals surface area contributed by atoms with Gasteiger partial charge in [0.05, 0.1) is 33.3 Å². The van der Waals surface area contributed by atoms with Crippen LogP contribution in [0.4, 0.5) is 0 Å². The summed E-state index contributed by atoms with van der Waals surface area (Å²) in [5.41, 5.74) is 0. The summed E-state index contributed by atoms with van der Waals surface area (Å²) in [4.78, 5) is 28.5. The Labute approximate surface area is 312 Å². The van der Waals surface area contributed by atoms with Gasteiger partial charge in [0.25, 0.3) is 0 Å². The number of hydrogen-bond acceptors (Lipinski definition) is 13. The molecule has 13 nitrogen and oxygen atoms in total. The first-order chi connectivity index (χ1) is 21.1. The molecule has 0 aliphatic heterocycles. The van der Waals surface area contributed by atoms with E-state index in [0.717, 1.165) is 52.5 Å². The second kappa shape index (κ2) is 38.7. The Balaban J connectivity index is -0.0000000930. The highest BCUT2D eigenvalue weighted by Crippen LogP contribution is 1.99. The number of rotatable bonds is 17. The lowest BCUT2D eigenvalue weighted by molar-refractivity contribution is 0.00961. The quantitative estimate of drug-likeness (QED) is 0.208. The topological polar surface area (TPSA) is 42.1 Å². The molecule has 0 aliphatic rings. The van der Waals surface area contributed by atoms with E-state index in [4.69, 9.17) is 0 Å². The van der Waals surface area contributed by atoms with Gasteiger partial charge in [0, 0.05) is 13.2 Å². The minimum atomic E-state index is 0. The van der Waals surface area contributed by atoms with Crippen molar-refractivity contribution >= 4 is 0 Å². The molecule has 0 fully saturated rings. The Kier molecular flexibility index (Phi) is 50.2. The summed E-state index contributed by atoms with van der Waals surface area (Å²) < 4.78 is 0. The maximum Gasteiger partial charge on any atom is 0.118 e. The fourth-order valence-electron chi connectivity index (χ4n) is 4.91. The highest BCUT2D eigenvalue weighted by atomic mass is 15.5. The monoisotopic (exact) mass is 714 g/mol. The largest absolute Gasteiger partial charge is 0.312 e. The molecule has 0 aromatic heterocycles. The molecular formula is C36H99N13. The first-order valence-electron chi connectivity index (χ1n) is 16.7. The molecule has 49 heavy (non-hydrogen) atoms. The Hall–Kier alpha value is -0.520. The highest BCUT2D eigenvalue weighted by Gasteiger charge is 2.14. The van der Waals surface area contributed by atoms with Crippen molar-refractivity contribution in [3.63, 3.8) is 0 Å². The van der Waals surface area contributed by atoms with Gasteiger partial charge in [0.2, 0.25) is 0 Å². The standard InChI is InChI=1S/C10H25N3.C9H24N4.C7H19N3.C5H14N2.C3H9N.2CH4/c1-10(2)7-12(5)9-13(6)8-11(3)4;1-10(2)7-13(8-11(3)4)9-12(5)6;1-8(2)7(9(3)4)10(5)6;1-6(2)5-7(3)4;1-4(2)3;;/h10H,7-9H2,1-6H3;7-9H2,1-6H3;7H,1-6H3;5H2,1-4H3;1-3H3;2*1H4. The van der Waals surface area contributed by atoms with Crippen LogP contribution in [0.25, 0.3) is 0 Å². The lowest BCUT2D eigenvalue weighted by atomic mass is 10.2. The summed E-state index contributed by atoms with van der Waals surface area (Å²) >= 11 is 0. The number of hydrogen-bond donors (Lipinski definition) is 0. The molecule has 0 N–H and O–H groups in total. The molecule has 0 amide bonds. The van der Waals surface area contributed by atoms with Crippen LogP contribution in [-0.4, -0.2) is 279 Å². The summed E-state index contributed by atoms with van der Waals surface area (Å²) in [5, 5.41) is 0. The van der Waals surface area contributed by atoms with Crippen LogP contribution in [0, 0.1) is 5.92 Å². The van der Waals surface area contributed by atoms with Gasteiger partial charge in [-0.2, -0.15) is 0 Å². The van der Waals surface area contributed by atoms with E-state index < -0.39 is 0 Å². The molecule has 0 aliphatic carbocycles. The third-order valence-electron chi connectivity index (χ3n) is 5.08. The fraction of sp³-hybridized carbons (Fsp3) is 1.00. The van der Waals surface area contributed by atoms with E-state index >= 15 is 0 Å². The summed E-state index contributed by atoms with van der Waals surface area (Å²) in [7, 11) is 47.8. The summed E-state index contributed by atoms with van der Waals surface area (Å²) in [6.07, 6.45) is 0.389. The van der Waals surface area contributed by atoms with E-state index in [0.29, 0.717) is 6.29 Å². The molecule has 13 heteroatoms. The predicted molar refractivity (Wildman–Crippen MR) is 226 cm³/mol. The van der Waals surface area contributed by atoms with Crippen molar-refractivity contribution in [2.45, 2.75) is 35.0 Å². The van der Waals surface area contributed by atoms with Crippen LogP contribution in [0.2, 0.25) is 0 Å². The van der Waals surface area contributed by atoms with E-state index in [1.54, 1.807) is 0 Å². The van der Waals surface area contributed by atoms with Gasteiger partial charge in [-0.05, 0) is 168 Å².